The molecule has 156 valence electrons. The second-order valence-corrected chi connectivity index (χ2v) is 9.12. The van der Waals surface area contributed by atoms with Gasteiger partial charge in [0.15, 0.2) is 0 Å². The van der Waals surface area contributed by atoms with Crippen LogP contribution in [0.1, 0.15) is 41.1 Å². The van der Waals surface area contributed by atoms with Crippen molar-refractivity contribution in [3.05, 3.63) is 39.3 Å². The maximum Gasteiger partial charge on any atom is 0.237 e. The van der Waals surface area contributed by atoms with Crippen molar-refractivity contribution in [3.63, 3.8) is 0 Å². The van der Waals surface area contributed by atoms with Crippen LogP contribution < -0.4 is 5.32 Å². The zero-order chi connectivity index (χ0) is 20.5. The molecule has 1 saturated carbocycles. The normalized spacial score (nSPS) is 20.0. The van der Waals surface area contributed by atoms with Crippen LogP contribution in [0, 0.1) is 13.8 Å². The highest BCUT2D eigenvalue weighted by molar-refractivity contribution is 7.09. The topological polar surface area (TPSA) is 70.5 Å². The molecule has 0 aromatic carbocycles. The van der Waals surface area contributed by atoms with Gasteiger partial charge in [-0.3, -0.25) is 19.2 Å². The molecule has 1 atom stereocenters. The van der Waals surface area contributed by atoms with Crippen LogP contribution in [0.25, 0.3) is 0 Å². The number of nitrogens with one attached hydrogen (secondary N) is 1. The minimum atomic E-state index is -0.407. The van der Waals surface area contributed by atoms with Crippen molar-refractivity contribution in [2.24, 2.45) is 7.05 Å². The molecule has 2 aromatic rings. The van der Waals surface area contributed by atoms with Crippen LogP contribution in [-0.2, 0) is 29.7 Å². The Morgan fingerprint density at radius 3 is 2.79 bits per heavy atom. The monoisotopic (exact) mass is 415 g/mol. The van der Waals surface area contributed by atoms with Gasteiger partial charge in [0, 0.05) is 55.4 Å². The molecule has 2 amide bonds. The number of thiophene rings is 1. The highest BCUT2D eigenvalue weighted by Crippen LogP contribution is 2.31. The Morgan fingerprint density at radius 2 is 2.17 bits per heavy atom. The van der Waals surface area contributed by atoms with E-state index in [-0.39, 0.29) is 18.2 Å². The Balaban J connectivity index is 1.49. The average molecular weight is 416 g/mol. The molecule has 29 heavy (non-hydrogen) atoms. The van der Waals surface area contributed by atoms with Gasteiger partial charge in [0.2, 0.25) is 11.8 Å². The van der Waals surface area contributed by atoms with Crippen LogP contribution in [0.5, 0.6) is 0 Å². The molecule has 2 aliphatic rings. The summed E-state index contributed by atoms with van der Waals surface area (Å²) >= 11 is 1.69. The molecule has 1 saturated heterocycles. The number of carbonyl (C=O) groups excluding carboxylic acids is 2. The lowest BCUT2D eigenvalue weighted by atomic mass is 10.1. The minimum absolute atomic E-state index is 0.0364. The highest BCUT2D eigenvalue weighted by atomic mass is 32.1. The lowest BCUT2D eigenvalue weighted by Crippen LogP contribution is -2.56. The van der Waals surface area contributed by atoms with Gasteiger partial charge in [0.25, 0.3) is 0 Å². The number of hydrogen-bond acceptors (Lipinski definition) is 5. The third kappa shape index (κ3) is 4.38. The van der Waals surface area contributed by atoms with Crippen LogP contribution in [0.2, 0.25) is 0 Å². The largest absolute Gasteiger partial charge is 0.353 e. The van der Waals surface area contributed by atoms with Crippen molar-refractivity contribution in [2.45, 2.75) is 58.3 Å². The van der Waals surface area contributed by atoms with E-state index in [9.17, 15) is 9.59 Å². The van der Waals surface area contributed by atoms with E-state index in [1.807, 2.05) is 41.9 Å². The van der Waals surface area contributed by atoms with E-state index < -0.39 is 6.04 Å². The van der Waals surface area contributed by atoms with Crippen molar-refractivity contribution >= 4 is 23.2 Å². The molecule has 7 nitrogen and oxygen atoms in total. The van der Waals surface area contributed by atoms with Gasteiger partial charge in [-0.25, -0.2) is 0 Å². The number of amides is 2. The molecule has 0 spiro atoms. The van der Waals surface area contributed by atoms with E-state index in [0.717, 1.165) is 36.3 Å². The fraction of sp³-hybridized carbons (Fsp3) is 0.571. The molecule has 1 aliphatic heterocycles. The zero-order valence-corrected chi connectivity index (χ0v) is 18.2. The SMILES string of the molecule is Cc1nn(C)c(C)c1CN(C(=O)CC1C(=O)NCCN1Cc1cccs1)C1CC1. The predicted octanol–water partition coefficient (Wildman–Crippen LogP) is 1.98. The number of carbonyl (C=O) groups is 2. The summed E-state index contributed by atoms with van der Waals surface area (Å²) in [5.74, 6) is 0.0269. The molecular formula is C21H29N5O2S. The summed E-state index contributed by atoms with van der Waals surface area (Å²) in [4.78, 5) is 31.3. The summed E-state index contributed by atoms with van der Waals surface area (Å²) in [5.41, 5.74) is 3.19. The van der Waals surface area contributed by atoms with Gasteiger partial charge in [0.1, 0.15) is 0 Å². The molecule has 0 radical (unpaired) electrons. The van der Waals surface area contributed by atoms with Crippen molar-refractivity contribution in [2.75, 3.05) is 13.1 Å². The molecule has 0 bridgehead atoms. The second kappa shape index (κ2) is 8.28. The number of piperazine rings is 1. The first-order valence-electron chi connectivity index (χ1n) is 10.3. The number of aryl methyl sites for hydroxylation is 2. The molecule has 1 aliphatic carbocycles. The quantitative estimate of drug-likeness (QED) is 0.751. The van der Waals surface area contributed by atoms with E-state index in [0.29, 0.717) is 25.7 Å². The Hall–Kier alpha value is -2.19. The number of aromatic nitrogens is 2. The predicted molar refractivity (Wildman–Crippen MR) is 112 cm³/mol. The Labute approximate surface area is 175 Å². The van der Waals surface area contributed by atoms with E-state index in [1.54, 1.807) is 11.3 Å². The summed E-state index contributed by atoms with van der Waals surface area (Å²) < 4.78 is 1.87. The maximum atomic E-state index is 13.3. The lowest BCUT2D eigenvalue weighted by molar-refractivity contribution is -0.139. The van der Waals surface area contributed by atoms with Gasteiger partial charge >= 0.3 is 0 Å². The molecule has 8 heteroatoms. The summed E-state index contributed by atoms with van der Waals surface area (Å²) in [6.45, 7) is 6.74. The molecule has 1 N–H and O–H groups in total. The van der Waals surface area contributed by atoms with E-state index >= 15 is 0 Å². The van der Waals surface area contributed by atoms with Crippen LogP contribution >= 0.6 is 11.3 Å². The van der Waals surface area contributed by atoms with E-state index in [2.05, 4.69) is 21.4 Å². The molecule has 4 rings (SSSR count). The van der Waals surface area contributed by atoms with Crippen LogP contribution in [0.15, 0.2) is 17.5 Å². The van der Waals surface area contributed by atoms with E-state index in [4.69, 9.17) is 0 Å². The van der Waals surface area contributed by atoms with Gasteiger partial charge in [-0.2, -0.15) is 5.10 Å². The van der Waals surface area contributed by atoms with Gasteiger partial charge < -0.3 is 10.2 Å². The van der Waals surface area contributed by atoms with Gasteiger partial charge in [-0.05, 0) is 38.1 Å². The Morgan fingerprint density at radius 1 is 1.38 bits per heavy atom. The standard InChI is InChI=1S/C21H29N5O2S/c1-14-18(15(2)24(3)23-14)13-26(16-6-7-16)20(27)11-19-21(28)22-8-9-25(19)12-17-5-4-10-29-17/h4-5,10,16,19H,6-9,11-13H2,1-3H3,(H,22,28). The molecular weight excluding hydrogens is 386 g/mol. The number of rotatable bonds is 7. The highest BCUT2D eigenvalue weighted by Gasteiger charge is 2.38. The molecule has 2 fully saturated rings. The van der Waals surface area contributed by atoms with Gasteiger partial charge in [-0.15, -0.1) is 11.3 Å². The second-order valence-electron chi connectivity index (χ2n) is 8.09. The molecule has 1 unspecified atom stereocenters. The first-order valence-corrected chi connectivity index (χ1v) is 11.1. The van der Waals surface area contributed by atoms with E-state index in [1.165, 1.54) is 4.88 Å². The van der Waals surface area contributed by atoms with Gasteiger partial charge in [0.05, 0.1) is 18.2 Å². The molecule has 2 aromatic heterocycles. The fourth-order valence-electron chi connectivity index (χ4n) is 4.08. The number of nitrogens with zero attached hydrogens (tertiary/aromatic N) is 4. The van der Waals surface area contributed by atoms with Crippen molar-refractivity contribution in [3.8, 4) is 0 Å². The fourth-order valence-corrected chi connectivity index (χ4v) is 4.81. The number of hydrogen-bond donors (Lipinski definition) is 1. The summed E-state index contributed by atoms with van der Waals surface area (Å²) in [6, 6.07) is 3.99. The van der Waals surface area contributed by atoms with Crippen LogP contribution in [0.3, 0.4) is 0 Å². The van der Waals surface area contributed by atoms with Crippen molar-refractivity contribution in [1.29, 1.82) is 0 Å². The molecule has 3 heterocycles. The summed E-state index contributed by atoms with van der Waals surface area (Å²) in [7, 11) is 1.93. The van der Waals surface area contributed by atoms with Crippen LogP contribution in [-0.4, -0.2) is 56.6 Å². The van der Waals surface area contributed by atoms with Crippen LogP contribution in [0.4, 0.5) is 0 Å². The maximum absolute atomic E-state index is 13.3. The van der Waals surface area contributed by atoms with Gasteiger partial charge in [-0.1, -0.05) is 6.07 Å². The first-order chi connectivity index (χ1) is 13.9. The van der Waals surface area contributed by atoms with Crippen molar-refractivity contribution in [1.82, 2.24) is 24.9 Å². The summed E-state index contributed by atoms with van der Waals surface area (Å²) in [6.07, 6.45) is 2.31. The average Bonchev–Trinajstić information content (AvgIpc) is 3.33. The third-order valence-electron chi connectivity index (χ3n) is 6.04. The third-order valence-corrected chi connectivity index (χ3v) is 6.91. The Kier molecular flexibility index (Phi) is 5.74. The Bertz CT molecular complexity index is 887. The minimum Gasteiger partial charge on any atom is -0.353 e. The zero-order valence-electron chi connectivity index (χ0n) is 17.4. The smallest absolute Gasteiger partial charge is 0.237 e. The van der Waals surface area contributed by atoms with Crippen molar-refractivity contribution < 1.29 is 9.59 Å². The first kappa shape index (κ1) is 20.1. The summed E-state index contributed by atoms with van der Waals surface area (Å²) in [5, 5.41) is 9.48. The lowest BCUT2D eigenvalue weighted by Gasteiger charge is -2.35.